The Hall–Kier alpha value is -1.88. The van der Waals surface area contributed by atoms with Gasteiger partial charge in [-0.2, -0.15) is 0 Å². The monoisotopic (exact) mass is 317 g/mol. The second kappa shape index (κ2) is 6.71. The Kier molecular flexibility index (Phi) is 5.09. The highest BCUT2D eigenvalue weighted by molar-refractivity contribution is 6.00. The lowest BCUT2D eigenvalue weighted by Gasteiger charge is -2.39. The van der Waals surface area contributed by atoms with Gasteiger partial charge in [0, 0.05) is 19.3 Å². The van der Waals surface area contributed by atoms with Gasteiger partial charge < -0.3 is 15.5 Å². The first kappa shape index (κ1) is 17.5. The molecule has 1 unspecified atom stereocenters. The van der Waals surface area contributed by atoms with Gasteiger partial charge in [0.25, 0.3) is 0 Å². The van der Waals surface area contributed by atoms with Crippen LogP contribution in [0.4, 0.5) is 5.69 Å². The van der Waals surface area contributed by atoms with E-state index >= 15 is 0 Å². The van der Waals surface area contributed by atoms with E-state index in [1.54, 1.807) is 11.9 Å². The van der Waals surface area contributed by atoms with Gasteiger partial charge >= 0.3 is 0 Å². The molecule has 1 fully saturated rings. The maximum absolute atomic E-state index is 12.8. The first-order chi connectivity index (χ1) is 10.7. The Labute approximate surface area is 138 Å². The van der Waals surface area contributed by atoms with E-state index in [9.17, 15) is 9.59 Å². The number of nitrogens with zero attached hydrogens (tertiary/aromatic N) is 2. The number of likely N-dealkylation sites (N-methyl/N-ethyl adjacent to an activating group) is 1. The van der Waals surface area contributed by atoms with Gasteiger partial charge in [-0.25, -0.2) is 0 Å². The minimum Gasteiger partial charge on any atom is -0.332 e. The summed E-state index contributed by atoms with van der Waals surface area (Å²) >= 11 is 0. The zero-order valence-corrected chi connectivity index (χ0v) is 14.5. The molecule has 2 atom stereocenters. The predicted octanol–water partition coefficient (Wildman–Crippen LogP) is 2.01. The molecular weight excluding hydrogens is 290 g/mol. The lowest BCUT2D eigenvalue weighted by Crippen LogP contribution is -2.58. The van der Waals surface area contributed by atoms with Crippen molar-refractivity contribution in [3.63, 3.8) is 0 Å². The highest BCUT2D eigenvalue weighted by Crippen LogP contribution is 2.25. The van der Waals surface area contributed by atoms with Crippen LogP contribution in [0, 0.1) is 5.41 Å². The van der Waals surface area contributed by atoms with Crippen LogP contribution >= 0.6 is 0 Å². The fraction of sp³-hybridized carbons (Fsp3) is 0.556. The Bertz CT molecular complexity index is 565. The van der Waals surface area contributed by atoms with E-state index in [1.807, 2.05) is 51.1 Å². The molecule has 23 heavy (non-hydrogen) atoms. The molecule has 2 N–H and O–H groups in total. The third kappa shape index (κ3) is 3.72. The van der Waals surface area contributed by atoms with Gasteiger partial charge in [-0.15, -0.1) is 0 Å². The number of carbonyl (C=O) groups is 2. The van der Waals surface area contributed by atoms with Crippen molar-refractivity contribution in [2.24, 2.45) is 11.1 Å². The van der Waals surface area contributed by atoms with Crippen LogP contribution in [0.1, 0.15) is 33.6 Å². The van der Waals surface area contributed by atoms with E-state index in [4.69, 9.17) is 5.73 Å². The summed E-state index contributed by atoms with van der Waals surface area (Å²) in [5, 5.41) is 0. The molecule has 0 bridgehead atoms. The largest absolute Gasteiger partial charge is 0.332 e. The van der Waals surface area contributed by atoms with Crippen molar-refractivity contribution in [3.8, 4) is 0 Å². The van der Waals surface area contributed by atoms with Gasteiger partial charge in [-0.05, 0) is 30.4 Å². The zero-order chi connectivity index (χ0) is 17.2. The van der Waals surface area contributed by atoms with E-state index in [0.717, 1.165) is 12.1 Å². The molecule has 1 aromatic carbocycles. The maximum Gasteiger partial charge on any atom is 0.249 e. The van der Waals surface area contributed by atoms with Crippen molar-refractivity contribution in [2.45, 2.75) is 45.7 Å². The van der Waals surface area contributed by atoms with E-state index in [2.05, 4.69) is 0 Å². The number of hydrogen-bond acceptors (Lipinski definition) is 3. The van der Waals surface area contributed by atoms with Crippen molar-refractivity contribution >= 4 is 17.5 Å². The summed E-state index contributed by atoms with van der Waals surface area (Å²) in [4.78, 5) is 28.7. The summed E-state index contributed by atoms with van der Waals surface area (Å²) in [7, 11) is 1.69. The van der Waals surface area contributed by atoms with Gasteiger partial charge in [0.15, 0.2) is 0 Å². The normalized spacial score (nSPS) is 20.3. The number of para-hydroxylation sites is 1. The van der Waals surface area contributed by atoms with Crippen LogP contribution in [0.3, 0.4) is 0 Å². The van der Waals surface area contributed by atoms with E-state index in [1.165, 1.54) is 4.90 Å². The van der Waals surface area contributed by atoms with Crippen LogP contribution < -0.4 is 10.6 Å². The van der Waals surface area contributed by atoms with Crippen LogP contribution in [-0.4, -0.2) is 42.4 Å². The third-order valence-electron chi connectivity index (χ3n) is 4.49. The fourth-order valence-electron chi connectivity index (χ4n) is 2.82. The number of hydrogen-bond donors (Lipinski definition) is 1. The highest BCUT2D eigenvalue weighted by Gasteiger charge is 2.38. The van der Waals surface area contributed by atoms with Crippen molar-refractivity contribution in [1.82, 2.24) is 4.90 Å². The maximum atomic E-state index is 12.8. The SMILES string of the molecule is CN(C(=O)[C@@H](N)C(C)(C)C)C1CCCN(c2ccccc2)C1=O. The lowest BCUT2D eigenvalue weighted by molar-refractivity contribution is -0.141. The lowest BCUT2D eigenvalue weighted by atomic mass is 9.86. The molecule has 0 saturated carbocycles. The Morgan fingerprint density at radius 1 is 1.30 bits per heavy atom. The molecular formula is C18H27N3O2. The number of nitrogens with two attached hydrogens (primary N) is 1. The molecule has 0 aliphatic carbocycles. The van der Waals surface area contributed by atoms with Gasteiger partial charge in [-0.1, -0.05) is 39.0 Å². The van der Waals surface area contributed by atoms with Crippen molar-refractivity contribution in [2.75, 3.05) is 18.5 Å². The smallest absolute Gasteiger partial charge is 0.249 e. The number of rotatable bonds is 3. The molecule has 5 heteroatoms. The molecule has 2 rings (SSSR count). The molecule has 0 spiro atoms. The fourth-order valence-corrected chi connectivity index (χ4v) is 2.82. The summed E-state index contributed by atoms with van der Waals surface area (Å²) < 4.78 is 0. The van der Waals surface area contributed by atoms with E-state index < -0.39 is 12.1 Å². The summed E-state index contributed by atoms with van der Waals surface area (Å²) in [5.41, 5.74) is 6.62. The summed E-state index contributed by atoms with van der Waals surface area (Å²) in [6.45, 7) is 6.49. The van der Waals surface area contributed by atoms with Crippen LogP contribution in [0.25, 0.3) is 0 Å². The van der Waals surface area contributed by atoms with Gasteiger partial charge in [0.05, 0.1) is 6.04 Å². The number of benzene rings is 1. The van der Waals surface area contributed by atoms with Crippen LogP contribution in [0.2, 0.25) is 0 Å². The van der Waals surface area contributed by atoms with Gasteiger partial charge in [0.1, 0.15) is 6.04 Å². The minimum absolute atomic E-state index is 0.0283. The van der Waals surface area contributed by atoms with E-state index in [-0.39, 0.29) is 17.2 Å². The quantitative estimate of drug-likeness (QED) is 0.927. The second-order valence-corrected chi connectivity index (χ2v) is 7.28. The first-order valence-electron chi connectivity index (χ1n) is 8.12. The number of anilines is 1. The Morgan fingerprint density at radius 2 is 1.91 bits per heavy atom. The zero-order valence-electron chi connectivity index (χ0n) is 14.5. The van der Waals surface area contributed by atoms with E-state index in [0.29, 0.717) is 13.0 Å². The molecule has 0 aromatic heterocycles. The van der Waals surface area contributed by atoms with Crippen LogP contribution in [0.5, 0.6) is 0 Å². The summed E-state index contributed by atoms with van der Waals surface area (Å²) in [6.07, 6.45) is 1.55. The van der Waals surface area contributed by atoms with Crippen molar-refractivity contribution in [3.05, 3.63) is 30.3 Å². The summed E-state index contributed by atoms with van der Waals surface area (Å²) in [5.74, 6) is -0.204. The Balaban J connectivity index is 2.16. The molecule has 1 aliphatic rings. The van der Waals surface area contributed by atoms with Crippen LogP contribution in [-0.2, 0) is 9.59 Å². The topological polar surface area (TPSA) is 66.6 Å². The second-order valence-electron chi connectivity index (χ2n) is 7.28. The third-order valence-corrected chi connectivity index (χ3v) is 4.49. The number of amides is 2. The number of piperidine rings is 1. The summed E-state index contributed by atoms with van der Waals surface area (Å²) in [6, 6.07) is 8.53. The average molecular weight is 317 g/mol. The molecule has 0 radical (unpaired) electrons. The number of carbonyl (C=O) groups excluding carboxylic acids is 2. The molecule has 1 aliphatic heterocycles. The molecule has 2 amide bonds. The van der Waals surface area contributed by atoms with Crippen LogP contribution in [0.15, 0.2) is 30.3 Å². The Morgan fingerprint density at radius 3 is 2.48 bits per heavy atom. The minimum atomic E-state index is -0.618. The molecule has 1 heterocycles. The van der Waals surface area contributed by atoms with Gasteiger partial charge in [0.2, 0.25) is 11.8 Å². The van der Waals surface area contributed by atoms with Crippen molar-refractivity contribution < 1.29 is 9.59 Å². The predicted molar refractivity (Wildman–Crippen MR) is 92.0 cm³/mol. The standard InChI is InChI=1S/C18H27N3O2/c1-18(2,3)15(19)17(23)20(4)14-11-8-12-21(16(14)22)13-9-6-5-7-10-13/h5-7,9-10,14-15H,8,11-12,19H2,1-4H3/t14?,15-/m1/s1. The molecule has 5 nitrogen and oxygen atoms in total. The molecule has 1 saturated heterocycles. The molecule has 1 aromatic rings. The average Bonchev–Trinajstić information content (AvgIpc) is 2.53. The van der Waals surface area contributed by atoms with Gasteiger partial charge in [-0.3, -0.25) is 9.59 Å². The molecule has 126 valence electrons. The highest BCUT2D eigenvalue weighted by atomic mass is 16.2. The van der Waals surface area contributed by atoms with Crippen molar-refractivity contribution in [1.29, 1.82) is 0 Å². The first-order valence-corrected chi connectivity index (χ1v) is 8.12.